The number of fused-ring (bicyclic) bond motifs is 1. The minimum atomic E-state index is -3.51. The first-order chi connectivity index (χ1) is 16.8. The van der Waals surface area contributed by atoms with Crippen molar-refractivity contribution in [1.29, 1.82) is 0 Å². The van der Waals surface area contributed by atoms with Crippen molar-refractivity contribution in [3.63, 3.8) is 0 Å². The molecule has 0 radical (unpaired) electrons. The first-order valence-electron chi connectivity index (χ1n) is 11.1. The summed E-state index contributed by atoms with van der Waals surface area (Å²) in [7, 11) is 1.14. The van der Waals surface area contributed by atoms with Gasteiger partial charge >= 0.3 is 0 Å². The van der Waals surface area contributed by atoms with Crippen molar-refractivity contribution in [3.05, 3.63) is 41.2 Å². The lowest BCUT2D eigenvalue weighted by molar-refractivity contribution is -0.118. The molecule has 0 aliphatic carbocycles. The summed E-state index contributed by atoms with van der Waals surface area (Å²) in [6.07, 6.45) is 0.184. The van der Waals surface area contributed by atoms with E-state index < -0.39 is 9.84 Å². The average Bonchev–Trinajstić information content (AvgIpc) is 3.18. The van der Waals surface area contributed by atoms with E-state index in [-0.39, 0.29) is 29.4 Å². The summed E-state index contributed by atoms with van der Waals surface area (Å²) >= 11 is 1.35. The largest absolute Gasteiger partial charge is 0.497 e. The standard InChI is InChI=1S/C24H30N2O7S2/c1-5-33-13-12-26-19-15-20(31-3)21(32-4)16-22(19)34-24(26)25-23(27)7-6-14-35(28,29)18-10-8-17(30-2)9-11-18/h8-11,15-16H,5-7,12-14H2,1-4H3. The molecular weight excluding hydrogens is 492 g/mol. The number of amides is 1. The van der Waals surface area contributed by atoms with Crippen LogP contribution in [0.25, 0.3) is 10.2 Å². The Bertz CT molecular complexity index is 1330. The fourth-order valence-corrected chi connectivity index (χ4v) is 5.87. The molecule has 0 N–H and O–H groups in total. The van der Waals surface area contributed by atoms with Gasteiger partial charge in [0.25, 0.3) is 0 Å². The number of rotatable bonds is 12. The summed E-state index contributed by atoms with van der Waals surface area (Å²) in [5.74, 6) is 1.20. The minimum absolute atomic E-state index is 0.0156. The molecular formula is C24H30N2O7S2. The Morgan fingerprint density at radius 3 is 2.34 bits per heavy atom. The third-order valence-corrected chi connectivity index (χ3v) is 8.15. The highest BCUT2D eigenvalue weighted by Gasteiger charge is 2.16. The Labute approximate surface area is 208 Å². The van der Waals surface area contributed by atoms with Crippen molar-refractivity contribution in [1.82, 2.24) is 4.57 Å². The number of carbonyl (C=O) groups excluding carboxylic acids is 1. The predicted octanol–water partition coefficient (Wildman–Crippen LogP) is 3.45. The zero-order valence-corrected chi connectivity index (χ0v) is 21.9. The van der Waals surface area contributed by atoms with Crippen LogP contribution in [0.3, 0.4) is 0 Å². The molecule has 1 aromatic heterocycles. The molecule has 2 aromatic carbocycles. The predicted molar refractivity (Wildman–Crippen MR) is 134 cm³/mol. The summed E-state index contributed by atoms with van der Waals surface area (Å²) in [5.41, 5.74) is 0.848. The maximum atomic E-state index is 12.7. The second-order valence-electron chi connectivity index (χ2n) is 7.51. The highest BCUT2D eigenvalue weighted by molar-refractivity contribution is 7.91. The zero-order chi connectivity index (χ0) is 25.4. The number of sulfone groups is 1. The van der Waals surface area contributed by atoms with Gasteiger partial charge in [-0.1, -0.05) is 11.3 Å². The van der Waals surface area contributed by atoms with Crippen molar-refractivity contribution in [2.75, 3.05) is 40.3 Å². The smallest absolute Gasteiger partial charge is 0.248 e. The third kappa shape index (κ3) is 6.62. The topological polar surface area (TPSA) is 105 Å². The summed E-state index contributed by atoms with van der Waals surface area (Å²) in [6, 6.07) is 9.89. The average molecular weight is 523 g/mol. The van der Waals surface area contributed by atoms with Crippen LogP contribution in [0, 0.1) is 0 Å². The molecule has 190 valence electrons. The lowest BCUT2D eigenvalue weighted by atomic mass is 10.3. The number of thiazole rings is 1. The van der Waals surface area contributed by atoms with Crippen LogP contribution in [0.1, 0.15) is 19.8 Å². The molecule has 3 rings (SSSR count). The van der Waals surface area contributed by atoms with Crippen LogP contribution in [0.4, 0.5) is 0 Å². The van der Waals surface area contributed by atoms with Gasteiger partial charge in [0, 0.05) is 31.7 Å². The van der Waals surface area contributed by atoms with Crippen LogP contribution in [-0.4, -0.2) is 59.2 Å². The second-order valence-corrected chi connectivity index (χ2v) is 10.6. The van der Waals surface area contributed by atoms with Gasteiger partial charge in [0.2, 0.25) is 5.91 Å². The summed E-state index contributed by atoms with van der Waals surface area (Å²) in [6.45, 7) is 3.45. The number of benzene rings is 2. The molecule has 0 aliphatic rings. The van der Waals surface area contributed by atoms with Crippen molar-refractivity contribution in [2.24, 2.45) is 4.99 Å². The van der Waals surface area contributed by atoms with Crippen molar-refractivity contribution < 1.29 is 32.2 Å². The van der Waals surface area contributed by atoms with Gasteiger partial charge in [0.1, 0.15) is 5.75 Å². The van der Waals surface area contributed by atoms with E-state index in [1.807, 2.05) is 23.6 Å². The molecule has 9 nitrogen and oxygen atoms in total. The molecule has 3 aromatic rings. The third-order valence-electron chi connectivity index (χ3n) is 5.29. The van der Waals surface area contributed by atoms with E-state index in [1.165, 1.54) is 30.6 Å². The van der Waals surface area contributed by atoms with E-state index in [2.05, 4.69) is 4.99 Å². The number of hydrogen-bond donors (Lipinski definition) is 0. The van der Waals surface area contributed by atoms with Crippen molar-refractivity contribution >= 4 is 37.3 Å². The summed E-state index contributed by atoms with van der Waals surface area (Å²) in [4.78, 5) is 17.7. The van der Waals surface area contributed by atoms with E-state index in [1.54, 1.807) is 26.4 Å². The summed E-state index contributed by atoms with van der Waals surface area (Å²) in [5, 5.41) is 0. The van der Waals surface area contributed by atoms with Crippen LogP contribution in [-0.2, 0) is 25.9 Å². The fourth-order valence-electron chi connectivity index (χ4n) is 3.48. The number of hydrogen-bond acceptors (Lipinski definition) is 8. The van der Waals surface area contributed by atoms with Gasteiger partial charge in [0.15, 0.2) is 26.1 Å². The maximum absolute atomic E-state index is 12.7. The van der Waals surface area contributed by atoms with Crippen LogP contribution >= 0.6 is 11.3 Å². The van der Waals surface area contributed by atoms with Crippen LogP contribution < -0.4 is 19.0 Å². The fraction of sp³-hybridized carbons (Fsp3) is 0.417. The monoisotopic (exact) mass is 522 g/mol. The van der Waals surface area contributed by atoms with Gasteiger partial charge in [-0.05, 0) is 37.6 Å². The number of aromatic nitrogens is 1. The Balaban J connectivity index is 1.80. The van der Waals surface area contributed by atoms with Gasteiger partial charge < -0.3 is 23.5 Å². The van der Waals surface area contributed by atoms with E-state index in [0.29, 0.717) is 41.8 Å². The molecule has 0 spiro atoms. The molecule has 0 atom stereocenters. The molecule has 35 heavy (non-hydrogen) atoms. The molecule has 0 fully saturated rings. The molecule has 0 unspecified atom stereocenters. The normalized spacial score (nSPS) is 12.2. The first kappa shape index (κ1) is 26.7. The van der Waals surface area contributed by atoms with E-state index in [4.69, 9.17) is 18.9 Å². The number of carbonyl (C=O) groups is 1. The highest BCUT2D eigenvalue weighted by Crippen LogP contribution is 2.33. The van der Waals surface area contributed by atoms with Crippen LogP contribution in [0.5, 0.6) is 17.2 Å². The molecule has 1 heterocycles. The number of nitrogens with zero attached hydrogens (tertiary/aromatic N) is 2. The van der Waals surface area contributed by atoms with E-state index in [0.717, 1.165) is 10.2 Å². The molecule has 1 amide bonds. The van der Waals surface area contributed by atoms with Gasteiger partial charge in [-0.25, -0.2) is 8.42 Å². The van der Waals surface area contributed by atoms with E-state index in [9.17, 15) is 13.2 Å². The van der Waals surface area contributed by atoms with Gasteiger partial charge in [-0.3, -0.25) is 4.79 Å². The lowest BCUT2D eigenvalue weighted by Gasteiger charge is -2.09. The molecule has 0 bridgehead atoms. The minimum Gasteiger partial charge on any atom is -0.497 e. The van der Waals surface area contributed by atoms with Gasteiger partial charge in [-0.2, -0.15) is 4.99 Å². The zero-order valence-electron chi connectivity index (χ0n) is 20.3. The second kappa shape index (κ2) is 12.2. The first-order valence-corrected chi connectivity index (χ1v) is 13.6. The Morgan fingerprint density at radius 2 is 1.71 bits per heavy atom. The SMILES string of the molecule is CCOCCn1c(=NC(=O)CCCS(=O)(=O)c2ccc(OC)cc2)sc2cc(OC)c(OC)cc21. The quantitative estimate of drug-likeness (QED) is 0.336. The molecule has 0 saturated carbocycles. The van der Waals surface area contributed by atoms with Crippen LogP contribution in [0.2, 0.25) is 0 Å². The van der Waals surface area contributed by atoms with Gasteiger partial charge in [0.05, 0.1) is 48.8 Å². The summed E-state index contributed by atoms with van der Waals surface area (Å²) < 4.78 is 49.3. The van der Waals surface area contributed by atoms with Crippen molar-refractivity contribution in [3.8, 4) is 17.2 Å². The Morgan fingerprint density at radius 1 is 1.03 bits per heavy atom. The Hall–Kier alpha value is -2.89. The number of ether oxygens (including phenoxy) is 4. The number of methoxy groups -OCH3 is 3. The molecule has 0 saturated heterocycles. The molecule has 0 aliphatic heterocycles. The molecule has 11 heteroatoms. The maximum Gasteiger partial charge on any atom is 0.248 e. The highest BCUT2D eigenvalue weighted by atomic mass is 32.2. The Kier molecular flexibility index (Phi) is 9.30. The lowest BCUT2D eigenvalue weighted by Crippen LogP contribution is -2.20. The van der Waals surface area contributed by atoms with Crippen LogP contribution in [0.15, 0.2) is 46.3 Å². The van der Waals surface area contributed by atoms with E-state index >= 15 is 0 Å². The van der Waals surface area contributed by atoms with Gasteiger partial charge in [-0.15, -0.1) is 0 Å². The van der Waals surface area contributed by atoms with Crippen molar-refractivity contribution in [2.45, 2.75) is 31.2 Å².